The SMILES string of the molecule is O=C(Nc1ccccc1)c1cc(Cl)ccc1OCC(=O)N(C1CCCC1)C1CCS(=O)(=O)C1. The second kappa shape index (κ2) is 10.1. The Kier molecular flexibility index (Phi) is 7.24. The predicted octanol–water partition coefficient (Wildman–Crippen LogP) is 3.93. The highest BCUT2D eigenvalue weighted by Crippen LogP contribution is 2.30. The van der Waals surface area contributed by atoms with Gasteiger partial charge in [0.05, 0.1) is 17.1 Å². The summed E-state index contributed by atoms with van der Waals surface area (Å²) in [5.74, 6) is -0.308. The molecule has 1 heterocycles. The van der Waals surface area contributed by atoms with Crippen LogP contribution in [0.1, 0.15) is 42.5 Å². The third-order valence-corrected chi connectivity index (χ3v) is 8.16. The topological polar surface area (TPSA) is 92.8 Å². The number of benzene rings is 2. The predicted molar refractivity (Wildman–Crippen MR) is 128 cm³/mol. The number of hydrogen-bond acceptors (Lipinski definition) is 5. The zero-order valence-electron chi connectivity index (χ0n) is 18.2. The van der Waals surface area contributed by atoms with Gasteiger partial charge in [0.25, 0.3) is 11.8 Å². The fourth-order valence-corrected chi connectivity index (χ4v) is 6.51. The van der Waals surface area contributed by atoms with E-state index in [2.05, 4.69) is 5.32 Å². The smallest absolute Gasteiger partial charge is 0.261 e. The van der Waals surface area contributed by atoms with Gasteiger partial charge in [-0.2, -0.15) is 0 Å². The lowest BCUT2D eigenvalue weighted by Gasteiger charge is -2.34. The zero-order valence-corrected chi connectivity index (χ0v) is 19.8. The van der Waals surface area contributed by atoms with Crippen LogP contribution in [-0.2, 0) is 14.6 Å². The number of carbonyl (C=O) groups excluding carboxylic acids is 2. The molecule has 2 amide bonds. The number of sulfone groups is 1. The van der Waals surface area contributed by atoms with Gasteiger partial charge in [-0.1, -0.05) is 42.6 Å². The van der Waals surface area contributed by atoms with E-state index in [-0.39, 0.29) is 47.4 Å². The van der Waals surface area contributed by atoms with Crippen molar-refractivity contribution in [2.75, 3.05) is 23.4 Å². The van der Waals surface area contributed by atoms with E-state index in [1.54, 1.807) is 29.2 Å². The molecule has 2 aromatic carbocycles. The van der Waals surface area contributed by atoms with Gasteiger partial charge < -0.3 is 15.0 Å². The maximum absolute atomic E-state index is 13.2. The molecule has 33 heavy (non-hydrogen) atoms. The van der Waals surface area contributed by atoms with E-state index in [0.717, 1.165) is 25.7 Å². The molecule has 7 nitrogen and oxygen atoms in total. The summed E-state index contributed by atoms with van der Waals surface area (Å²) in [5, 5.41) is 3.17. The normalized spacial score (nSPS) is 19.8. The molecule has 0 radical (unpaired) electrons. The van der Waals surface area contributed by atoms with E-state index in [4.69, 9.17) is 16.3 Å². The summed E-state index contributed by atoms with van der Waals surface area (Å²) >= 11 is 6.11. The van der Waals surface area contributed by atoms with Gasteiger partial charge in [0.2, 0.25) is 0 Å². The van der Waals surface area contributed by atoms with Crippen LogP contribution in [-0.4, -0.2) is 55.3 Å². The van der Waals surface area contributed by atoms with Gasteiger partial charge >= 0.3 is 0 Å². The van der Waals surface area contributed by atoms with Crippen LogP contribution in [0.3, 0.4) is 0 Å². The first-order valence-electron chi connectivity index (χ1n) is 11.1. The molecule has 1 saturated heterocycles. The highest BCUT2D eigenvalue weighted by molar-refractivity contribution is 7.91. The van der Waals surface area contributed by atoms with E-state index in [9.17, 15) is 18.0 Å². The van der Waals surface area contributed by atoms with Gasteiger partial charge in [-0.05, 0) is 49.6 Å². The Labute approximate surface area is 199 Å². The number of carbonyl (C=O) groups is 2. The van der Waals surface area contributed by atoms with Gasteiger partial charge in [-0.15, -0.1) is 0 Å². The molecule has 1 atom stereocenters. The van der Waals surface area contributed by atoms with Crippen LogP contribution in [0.5, 0.6) is 5.75 Å². The van der Waals surface area contributed by atoms with Gasteiger partial charge in [0.1, 0.15) is 5.75 Å². The second-order valence-corrected chi connectivity index (χ2v) is 11.2. The molecule has 0 aromatic heterocycles. The average molecular weight is 491 g/mol. The maximum Gasteiger partial charge on any atom is 0.261 e. The van der Waals surface area contributed by atoms with Crippen molar-refractivity contribution in [3.8, 4) is 5.75 Å². The molecular formula is C24H27ClN2O5S. The fraction of sp³-hybridized carbons (Fsp3) is 0.417. The summed E-state index contributed by atoms with van der Waals surface area (Å²) in [6, 6.07) is 13.4. The average Bonchev–Trinajstić information content (AvgIpc) is 3.43. The van der Waals surface area contributed by atoms with Crippen molar-refractivity contribution in [1.29, 1.82) is 0 Å². The van der Waals surface area contributed by atoms with Crippen LogP contribution < -0.4 is 10.1 Å². The Bertz CT molecular complexity index is 1120. The molecular weight excluding hydrogens is 464 g/mol. The molecule has 0 bridgehead atoms. The van der Waals surface area contributed by atoms with Crippen LogP contribution in [0.4, 0.5) is 5.69 Å². The Hall–Kier alpha value is -2.58. The van der Waals surface area contributed by atoms with E-state index in [1.807, 2.05) is 18.2 Å². The molecule has 1 saturated carbocycles. The Morgan fingerprint density at radius 1 is 1.03 bits per heavy atom. The number of halogens is 1. The minimum atomic E-state index is -3.13. The minimum Gasteiger partial charge on any atom is -0.483 e. The van der Waals surface area contributed by atoms with Gasteiger partial charge in [0, 0.05) is 22.8 Å². The fourth-order valence-electron chi connectivity index (χ4n) is 4.62. The van der Waals surface area contributed by atoms with Crippen molar-refractivity contribution in [2.24, 2.45) is 0 Å². The summed E-state index contributed by atoms with van der Waals surface area (Å²) in [6.45, 7) is -0.277. The Balaban J connectivity index is 1.49. The molecule has 4 rings (SSSR count). The van der Waals surface area contributed by atoms with Gasteiger partial charge in [0.15, 0.2) is 16.4 Å². The maximum atomic E-state index is 13.2. The van der Waals surface area contributed by atoms with Gasteiger partial charge in [-0.25, -0.2) is 8.42 Å². The molecule has 1 unspecified atom stereocenters. The van der Waals surface area contributed by atoms with E-state index in [0.29, 0.717) is 17.1 Å². The summed E-state index contributed by atoms with van der Waals surface area (Å²) in [6.07, 6.45) is 4.24. The second-order valence-electron chi connectivity index (χ2n) is 8.55. The summed E-state index contributed by atoms with van der Waals surface area (Å²) < 4.78 is 29.9. The lowest BCUT2D eigenvalue weighted by molar-refractivity contribution is -0.137. The van der Waals surface area contributed by atoms with E-state index in [1.165, 1.54) is 6.07 Å². The molecule has 9 heteroatoms. The van der Waals surface area contributed by atoms with Crippen molar-refractivity contribution in [1.82, 2.24) is 4.90 Å². The van der Waals surface area contributed by atoms with E-state index >= 15 is 0 Å². The molecule has 176 valence electrons. The molecule has 1 N–H and O–H groups in total. The first-order valence-corrected chi connectivity index (χ1v) is 13.3. The van der Waals surface area contributed by atoms with Crippen molar-refractivity contribution in [3.63, 3.8) is 0 Å². The summed E-state index contributed by atoms with van der Waals surface area (Å²) in [7, 11) is -3.13. The lowest BCUT2D eigenvalue weighted by Crippen LogP contribution is -2.48. The summed E-state index contributed by atoms with van der Waals surface area (Å²) in [4.78, 5) is 27.8. The number of rotatable bonds is 7. The third kappa shape index (κ3) is 5.86. The zero-order chi connectivity index (χ0) is 23.4. The Morgan fingerprint density at radius 2 is 1.76 bits per heavy atom. The molecule has 1 aliphatic carbocycles. The van der Waals surface area contributed by atoms with Crippen molar-refractivity contribution in [2.45, 2.75) is 44.2 Å². The number of ether oxygens (including phenoxy) is 1. The molecule has 2 aromatic rings. The van der Waals surface area contributed by atoms with Crippen LogP contribution in [0.2, 0.25) is 5.02 Å². The number of nitrogens with one attached hydrogen (secondary N) is 1. The van der Waals surface area contributed by atoms with Crippen LogP contribution in [0.25, 0.3) is 0 Å². The standard InChI is InChI=1S/C24H27ClN2O5S/c25-17-10-11-22(21(14-17)24(29)26-18-6-2-1-3-7-18)32-15-23(28)27(19-8-4-5-9-19)20-12-13-33(30,31)16-20/h1-3,6-7,10-11,14,19-20H,4-5,8-9,12-13,15-16H2,(H,26,29). The van der Waals surface area contributed by atoms with Crippen molar-refractivity contribution in [3.05, 3.63) is 59.1 Å². The number of para-hydroxylation sites is 1. The molecule has 0 spiro atoms. The third-order valence-electron chi connectivity index (χ3n) is 6.18. The van der Waals surface area contributed by atoms with Crippen LogP contribution in [0.15, 0.2) is 48.5 Å². The summed E-state index contributed by atoms with van der Waals surface area (Å²) in [5.41, 5.74) is 0.842. The lowest BCUT2D eigenvalue weighted by atomic mass is 10.1. The van der Waals surface area contributed by atoms with Crippen molar-refractivity contribution >= 4 is 38.9 Å². The van der Waals surface area contributed by atoms with E-state index < -0.39 is 15.7 Å². The monoisotopic (exact) mass is 490 g/mol. The molecule has 1 aliphatic heterocycles. The first kappa shape index (κ1) is 23.6. The highest BCUT2D eigenvalue weighted by Gasteiger charge is 2.39. The quantitative estimate of drug-likeness (QED) is 0.634. The number of nitrogens with zero attached hydrogens (tertiary/aromatic N) is 1. The Morgan fingerprint density at radius 3 is 2.42 bits per heavy atom. The van der Waals surface area contributed by atoms with Crippen molar-refractivity contribution < 1.29 is 22.7 Å². The first-order chi connectivity index (χ1) is 15.8. The number of amides is 2. The highest BCUT2D eigenvalue weighted by atomic mass is 35.5. The minimum absolute atomic E-state index is 0.000909. The largest absolute Gasteiger partial charge is 0.483 e. The molecule has 2 fully saturated rings. The van der Waals surface area contributed by atoms with Gasteiger partial charge in [-0.3, -0.25) is 9.59 Å². The number of anilines is 1. The van der Waals surface area contributed by atoms with Crippen LogP contribution >= 0.6 is 11.6 Å². The molecule has 2 aliphatic rings. The van der Waals surface area contributed by atoms with Crippen LogP contribution in [0, 0.1) is 0 Å². The number of hydrogen-bond donors (Lipinski definition) is 1.